The number of hydrogen-bond donors (Lipinski definition) is 1. The fourth-order valence-electron chi connectivity index (χ4n) is 2.67. The number of carbonyl (C=O) groups is 1. The minimum absolute atomic E-state index is 0.180. The van der Waals surface area contributed by atoms with E-state index in [1.54, 1.807) is 17.7 Å². The van der Waals surface area contributed by atoms with Gasteiger partial charge < -0.3 is 4.90 Å². The second kappa shape index (κ2) is 6.34. The Morgan fingerprint density at radius 2 is 2.29 bits per heavy atom. The number of hydrogen-bond acceptors (Lipinski definition) is 5. The Hall–Kier alpha value is -1.76. The Labute approximate surface area is 127 Å². The quantitative estimate of drug-likeness (QED) is 0.934. The molecule has 7 heteroatoms. The lowest BCUT2D eigenvalue weighted by molar-refractivity contribution is -0.131. The Bertz CT molecular complexity index is 586. The maximum absolute atomic E-state index is 12.3. The average molecular weight is 305 g/mol. The van der Waals surface area contributed by atoms with Crippen molar-refractivity contribution in [2.45, 2.75) is 38.5 Å². The molecule has 3 rings (SSSR count). The molecular formula is C14H19N5OS. The minimum Gasteiger partial charge on any atom is -0.342 e. The third kappa shape index (κ3) is 3.29. The van der Waals surface area contributed by atoms with Gasteiger partial charge in [-0.15, -0.1) is 11.3 Å². The number of aryl methyl sites for hydroxylation is 1. The highest BCUT2D eigenvalue weighted by Crippen LogP contribution is 2.25. The molecule has 0 unspecified atom stereocenters. The van der Waals surface area contributed by atoms with Crippen molar-refractivity contribution >= 4 is 17.2 Å². The monoisotopic (exact) mass is 305 g/mol. The highest BCUT2D eigenvalue weighted by molar-refractivity contribution is 7.09. The van der Waals surface area contributed by atoms with Crippen LogP contribution in [0, 0.1) is 0 Å². The first kappa shape index (κ1) is 14.2. The van der Waals surface area contributed by atoms with Crippen LogP contribution in [0.1, 0.15) is 42.2 Å². The number of aromatic amines is 1. The van der Waals surface area contributed by atoms with E-state index in [1.165, 1.54) is 0 Å². The van der Waals surface area contributed by atoms with Gasteiger partial charge in [0.25, 0.3) is 0 Å². The van der Waals surface area contributed by atoms with Crippen molar-refractivity contribution < 1.29 is 4.79 Å². The molecule has 2 aromatic rings. The number of rotatable bonds is 4. The number of nitrogens with one attached hydrogen (secondary N) is 1. The van der Waals surface area contributed by atoms with Crippen LogP contribution in [0.2, 0.25) is 0 Å². The lowest BCUT2D eigenvalue weighted by atomic mass is 9.96. The SMILES string of the molecule is CCc1nc(CC(=O)N2CCC(c3ncn[nH]3)CC2)cs1. The van der Waals surface area contributed by atoms with E-state index in [0.717, 1.165) is 48.9 Å². The van der Waals surface area contributed by atoms with Crippen molar-refractivity contribution in [1.82, 2.24) is 25.1 Å². The maximum Gasteiger partial charge on any atom is 0.228 e. The van der Waals surface area contributed by atoms with Gasteiger partial charge in [-0.25, -0.2) is 9.97 Å². The Balaban J connectivity index is 1.53. The number of likely N-dealkylation sites (tertiary alicyclic amines) is 1. The van der Waals surface area contributed by atoms with Crippen molar-refractivity contribution in [2.24, 2.45) is 0 Å². The summed E-state index contributed by atoms with van der Waals surface area (Å²) in [6.07, 6.45) is 4.78. The topological polar surface area (TPSA) is 74.8 Å². The molecule has 1 fully saturated rings. The van der Waals surface area contributed by atoms with Gasteiger partial charge in [0.1, 0.15) is 12.2 Å². The second-order valence-corrected chi connectivity index (χ2v) is 6.23. The van der Waals surface area contributed by atoms with E-state index >= 15 is 0 Å². The van der Waals surface area contributed by atoms with Crippen molar-refractivity contribution in [3.63, 3.8) is 0 Å². The number of nitrogens with zero attached hydrogens (tertiary/aromatic N) is 4. The Morgan fingerprint density at radius 1 is 1.48 bits per heavy atom. The summed E-state index contributed by atoms with van der Waals surface area (Å²) in [5, 5.41) is 9.92. The van der Waals surface area contributed by atoms with E-state index in [4.69, 9.17) is 0 Å². The van der Waals surface area contributed by atoms with Crippen LogP contribution in [0.3, 0.4) is 0 Å². The average Bonchev–Trinajstić information content (AvgIpc) is 3.19. The predicted octanol–water partition coefficient (Wildman–Crippen LogP) is 1.77. The summed E-state index contributed by atoms with van der Waals surface area (Å²) >= 11 is 1.64. The normalized spacial score (nSPS) is 16.3. The van der Waals surface area contributed by atoms with Gasteiger partial charge in [0, 0.05) is 24.4 Å². The summed E-state index contributed by atoms with van der Waals surface area (Å²) in [6.45, 7) is 3.66. The number of H-pyrrole nitrogens is 1. The molecule has 0 atom stereocenters. The van der Waals surface area contributed by atoms with Gasteiger partial charge in [-0.2, -0.15) is 5.10 Å². The molecule has 21 heavy (non-hydrogen) atoms. The molecule has 112 valence electrons. The van der Waals surface area contributed by atoms with Crippen LogP contribution >= 0.6 is 11.3 Å². The van der Waals surface area contributed by atoms with Crippen LogP contribution < -0.4 is 0 Å². The third-order valence-corrected chi connectivity index (χ3v) is 4.94. The van der Waals surface area contributed by atoms with Gasteiger partial charge >= 0.3 is 0 Å². The van der Waals surface area contributed by atoms with Crippen LogP contribution in [-0.4, -0.2) is 44.1 Å². The fraction of sp³-hybridized carbons (Fsp3) is 0.571. The van der Waals surface area contributed by atoms with Crippen molar-refractivity contribution in [3.8, 4) is 0 Å². The number of amides is 1. The standard InChI is InChI=1S/C14H19N5OS/c1-2-12-17-11(8-21-12)7-13(20)19-5-3-10(4-6-19)14-15-9-16-18-14/h8-10H,2-7H2,1H3,(H,15,16,18). The highest BCUT2D eigenvalue weighted by Gasteiger charge is 2.25. The molecule has 6 nitrogen and oxygen atoms in total. The Kier molecular flexibility index (Phi) is 4.28. The summed E-state index contributed by atoms with van der Waals surface area (Å²) in [4.78, 5) is 22.9. The van der Waals surface area contributed by atoms with Crippen molar-refractivity contribution in [3.05, 3.63) is 28.2 Å². The molecule has 1 amide bonds. The zero-order valence-electron chi connectivity index (χ0n) is 12.1. The van der Waals surface area contributed by atoms with E-state index in [9.17, 15) is 4.79 Å². The lowest BCUT2D eigenvalue weighted by Gasteiger charge is -2.30. The molecule has 0 bridgehead atoms. The van der Waals surface area contributed by atoms with Gasteiger partial charge in [0.05, 0.1) is 17.1 Å². The van der Waals surface area contributed by atoms with Gasteiger partial charge in [-0.3, -0.25) is 9.89 Å². The lowest BCUT2D eigenvalue weighted by Crippen LogP contribution is -2.39. The molecule has 3 heterocycles. The number of piperidine rings is 1. The van der Waals surface area contributed by atoms with Crippen molar-refractivity contribution in [2.75, 3.05) is 13.1 Å². The molecule has 0 aliphatic carbocycles. The van der Waals surface area contributed by atoms with Gasteiger partial charge in [0.2, 0.25) is 5.91 Å². The zero-order valence-corrected chi connectivity index (χ0v) is 12.9. The smallest absolute Gasteiger partial charge is 0.228 e. The van der Waals surface area contributed by atoms with Gasteiger partial charge in [-0.1, -0.05) is 6.92 Å². The van der Waals surface area contributed by atoms with Crippen LogP contribution in [-0.2, 0) is 17.6 Å². The summed E-state index contributed by atoms with van der Waals surface area (Å²) < 4.78 is 0. The highest BCUT2D eigenvalue weighted by atomic mass is 32.1. The third-order valence-electron chi connectivity index (χ3n) is 3.90. The van der Waals surface area contributed by atoms with E-state index in [0.29, 0.717) is 12.3 Å². The van der Waals surface area contributed by atoms with Crippen LogP contribution in [0.15, 0.2) is 11.7 Å². The number of carbonyl (C=O) groups excluding carboxylic acids is 1. The molecule has 1 aliphatic rings. The van der Waals surface area contributed by atoms with Gasteiger partial charge in [-0.05, 0) is 19.3 Å². The largest absolute Gasteiger partial charge is 0.342 e. The minimum atomic E-state index is 0.180. The van der Waals surface area contributed by atoms with Gasteiger partial charge in [0.15, 0.2) is 0 Å². The fourth-order valence-corrected chi connectivity index (χ4v) is 3.42. The Morgan fingerprint density at radius 3 is 2.90 bits per heavy atom. The maximum atomic E-state index is 12.3. The van der Waals surface area contributed by atoms with E-state index in [1.807, 2.05) is 10.3 Å². The van der Waals surface area contributed by atoms with Crippen molar-refractivity contribution in [1.29, 1.82) is 0 Å². The van der Waals surface area contributed by atoms with E-state index < -0.39 is 0 Å². The first-order valence-corrected chi connectivity index (χ1v) is 8.20. The molecule has 1 aliphatic heterocycles. The van der Waals surface area contributed by atoms with Crippen LogP contribution in [0.4, 0.5) is 0 Å². The molecule has 1 N–H and O–H groups in total. The van der Waals surface area contributed by atoms with Crippen LogP contribution in [0.25, 0.3) is 0 Å². The van der Waals surface area contributed by atoms with E-state index in [2.05, 4.69) is 27.1 Å². The molecule has 2 aromatic heterocycles. The number of aromatic nitrogens is 4. The molecule has 1 saturated heterocycles. The molecule has 0 aromatic carbocycles. The molecule has 0 radical (unpaired) electrons. The molecule has 0 saturated carbocycles. The summed E-state index contributed by atoms with van der Waals surface area (Å²) in [5.74, 6) is 1.51. The van der Waals surface area contributed by atoms with E-state index in [-0.39, 0.29) is 5.91 Å². The summed E-state index contributed by atoms with van der Waals surface area (Å²) in [7, 11) is 0. The first-order valence-electron chi connectivity index (χ1n) is 7.32. The number of thiazole rings is 1. The first-order chi connectivity index (χ1) is 10.3. The molecule has 0 spiro atoms. The molecular weight excluding hydrogens is 286 g/mol. The summed E-state index contributed by atoms with van der Waals surface area (Å²) in [6, 6.07) is 0. The summed E-state index contributed by atoms with van der Waals surface area (Å²) in [5.41, 5.74) is 0.902. The predicted molar refractivity (Wildman–Crippen MR) is 80.1 cm³/mol. The zero-order chi connectivity index (χ0) is 14.7. The van der Waals surface area contributed by atoms with Crippen LogP contribution in [0.5, 0.6) is 0 Å². The second-order valence-electron chi connectivity index (χ2n) is 5.29.